The van der Waals surface area contributed by atoms with E-state index in [2.05, 4.69) is 13.8 Å². The van der Waals surface area contributed by atoms with Crippen LogP contribution in [0.25, 0.3) is 0 Å². The first-order valence-electron chi connectivity index (χ1n) is 6.55. The summed E-state index contributed by atoms with van der Waals surface area (Å²) in [4.78, 5) is 14.1. The molecular formula is C15H22ClNO. The van der Waals surface area contributed by atoms with Gasteiger partial charge in [0.25, 0.3) is 5.91 Å². The molecule has 0 spiro atoms. The average molecular weight is 268 g/mol. The molecule has 3 heteroatoms. The minimum Gasteiger partial charge on any atom is -0.339 e. The maximum Gasteiger partial charge on any atom is 0.253 e. The Kier molecular flexibility index (Phi) is 6.20. The quantitative estimate of drug-likeness (QED) is 0.716. The van der Waals surface area contributed by atoms with Crippen LogP contribution in [0.3, 0.4) is 0 Å². The van der Waals surface area contributed by atoms with E-state index < -0.39 is 0 Å². The van der Waals surface area contributed by atoms with Gasteiger partial charge in [-0.05, 0) is 37.0 Å². The molecule has 0 fully saturated rings. The molecule has 1 rings (SSSR count). The normalized spacial score (nSPS) is 10.7. The number of rotatable bonds is 6. The Balaban J connectivity index is 2.75. The van der Waals surface area contributed by atoms with E-state index in [1.807, 2.05) is 36.1 Å². The van der Waals surface area contributed by atoms with E-state index in [1.165, 1.54) is 5.56 Å². The van der Waals surface area contributed by atoms with Crippen LogP contribution in [-0.4, -0.2) is 29.8 Å². The van der Waals surface area contributed by atoms with Crippen molar-refractivity contribution in [2.75, 3.05) is 19.0 Å². The summed E-state index contributed by atoms with van der Waals surface area (Å²) in [6, 6.07) is 7.91. The molecule has 0 aromatic heterocycles. The van der Waals surface area contributed by atoms with Crippen LogP contribution in [0.15, 0.2) is 24.3 Å². The van der Waals surface area contributed by atoms with Gasteiger partial charge in [0.2, 0.25) is 0 Å². The maximum atomic E-state index is 12.2. The van der Waals surface area contributed by atoms with Crippen LogP contribution >= 0.6 is 11.6 Å². The molecule has 0 N–H and O–H groups in total. The smallest absolute Gasteiger partial charge is 0.253 e. The van der Waals surface area contributed by atoms with Crippen molar-refractivity contribution >= 4 is 17.5 Å². The topological polar surface area (TPSA) is 20.3 Å². The number of hydrogen-bond donors (Lipinski definition) is 0. The summed E-state index contributed by atoms with van der Waals surface area (Å²) in [5, 5.41) is 0. The van der Waals surface area contributed by atoms with Crippen molar-refractivity contribution < 1.29 is 4.79 Å². The predicted octanol–water partition coefficient (Wildman–Crippen LogP) is 3.90. The van der Waals surface area contributed by atoms with Crippen LogP contribution in [-0.2, 0) is 0 Å². The van der Waals surface area contributed by atoms with E-state index in [0.717, 1.165) is 25.1 Å². The van der Waals surface area contributed by atoms with Gasteiger partial charge in [-0.15, -0.1) is 11.6 Å². The van der Waals surface area contributed by atoms with E-state index in [4.69, 9.17) is 11.6 Å². The lowest BCUT2D eigenvalue weighted by Crippen LogP contribution is -2.31. The van der Waals surface area contributed by atoms with Crippen LogP contribution in [0.1, 0.15) is 49.0 Å². The zero-order chi connectivity index (χ0) is 13.5. The van der Waals surface area contributed by atoms with Crippen molar-refractivity contribution in [3.05, 3.63) is 35.4 Å². The Morgan fingerprint density at radius 1 is 1.28 bits per heavy atom. The van der Waals surface area contributed by atoms with Crippen molar-refractivity contribution in [2.24, 2.45) is 0 Å². The predicted molar refractivity (Wildman–Crippen MR) is 77.4 cm³/mol. The molecule has 0 aliphatic rings. The van der Waals surface area contributed by atoms with Crippen LogP contribution in [0, 0.1) is 0 Å². The lowest BCUT2D eigenvalue weighted by atomic mass is 10.0. The summed E-state index contributed by atoms with van der Waals surface area (Å²) in [7, 11) is 0. The molecule has 0 bridgehead atoms. The fourth-order valence-electron chi connectivity index (χ4n) is 1.85. The number of carbonyl (C=O) groups excluding carboxylic acids is 1. The Morgan fingerprint density at radius 3 is 2.33 bits per heavy atom. The molecule has 2 nitrogen and oxygen atoms in total. The van der Waals surface area contributed by atoms with Gasteiger partial charge in [0, 0.05) is 24.5 Å². The van der Waals surface area contributed by atoms with Crippen LogP contribution in [0.2, 0.25) is 0 Å². The highest BCUT2D eigenvalue weighted by Crippen LogP contribution is 2.15. The first-order valence-corrected chi connectivity index (χ1v) is 7.08. The third-order valence-corrected chi connectivity index (χ3v) is 3.32. The fourth-order valence-corrected chi connectivity index (χ4v) is 1.97. The second kappa shape index (κ2) is 7.42. The van der Waals surface area contributed by atoms with Crippen molar-refractivity contribution in [3.63, 3.8) is 0 Å². The molecule has 1 amide bonds. The van der Waals surface area contributed by atoms with Gasteiger partial charge in [-0.2, -0.15) is 0 Å². The molecule has 0 saturated carbocycles. The van der Waals surface area contributed by atoms with Gasteiger partial charge in [-0.1, -0.05) is 26.0 Å². The Labute approximate surface area is 115 Å². The van der Waals surface area contributed by atoms with E-state index in [9.17, 15) is 4.79 Å². The Bertz CT molecular complexity index is 373. The molecule has 0 atom stereocenters. The molecule has 1 aromatic carbocycles. The zero-order valence-corrected chi connectivity index (χ0v) is 12.2. The molecule has 18 heavy (non-hydrogen) atoms. The summed E-state index contributed by atoms with van der Waals surface area (Å²) in [5.41, 5.74) is 2.02. The van der Waals surface area contributed by atoms with Crippen molar-refractivity contribution in [1.82, 2.24) is 4.90 Å². The fraction of sp³-hybridized carbons (Fsp3) is 0.533. The van der Waals surface area contributed by atoms with Gasteiger partial charge in [-0.25, -0.2) is 0 Å². The molecule has 0 saturated heterocycles. The molecule has 0 radical (unpaired) electrons. The van der Waals surface area contributed by atoms with Crippen molar-refractivity contribution in [1.29, 1.82) is 0 Å². The average Bonchev–Trinajstić information content (AvgIpc) is 2.39. The molecule has 100 valence electrons. The third-order valence-electron chi connectivity index (χ3n) is 3.05. The number of halogens is 1. The minimum atomic E-state index is 0.0953. The number of nitrogens with zero attached hydrogens (tertiary/aromatic N) is 1. The highest BCUT2D eigenvalue weighted by Gasteiger charge is 2.13. The maximum absolute atomic E-state index is 12.2. The lowest BCUT2D eigenvalue weighted by Gasteiger charge is -2.20. The second-order valence-corrected chi connectivity index (χ2v) is 5.08. The first kappa shape index (κ1) is 15.0. The molecule has 0 heterocycles. The third kappa shape index (κ3) is 4.02. The van der Waals surface area contributed by atoms with Gasteiger partial charge >= 0.3 is 0 Å². The largest absolute Gasteiger partial charge is 0.339 e. The number of amides is 1. The van der Waals surface area contributed by atoms with E-state index >= 15 is 0 Å². The molecule has 0 aliphatic heterocycles. The van der Waals surface area contributed by atoms with Crippen molar-refractivity contribution in [2.45, 2.75) is 33.1 Å². The van der Waals surface area contributed by atoms with Gasteiger partial charge in [-0.3, -0.25) is 4.79 Å². The molecule has 1 aromatic rings. The standard InChI is InChI=1S/C15H22ClNO/c1-4-17(11-5-10-16)15(18)14-8-6-13(7-9-14)12(2)3/h6-9,12H,4-5,10-11H2,1-3H3. The second-order valence-electron chi connectivity index (χ2n) is 4.70. The first-order chi connectivity index (χ1) is 8.60. The number of benzene rings is 1. The molecular weight excluding hydrogens is 246 g/mol. The van der Waals surface area contributed by atoms with Gasteiger partial charge < -0.3 is 4.90 Å². The monoisotopic (exact) mass is 267 g/mol. The highest BCUT2D eigenvalue weighted by molar-refractivity contribution is 6.17. The number of hydrogen-bond acceptors (Lipinski definition) is 1. The highest BCUT2D eigenvalue weighted by atomic mass is 35.5. The minimum absolute atomic E-state index is 0.0953. The summed E-state index contributed by atoms with van der Waals surface area (Å²) in [6.45, 7) is 7.74. The summed E-state index contributed by atoms with van der Waals surface area (Å²) < 4.78 is 0. The zero-order valence-electron chi connectivity index (χ0n) is 11.4. The van der Waals surface area contributed by atoms with E-state index in [0.29, 0.717) is 11.8 Å². The Hall–Kier alpha value is -1.02. The SMILES string of the molecule is CCN(CCCCl)C(=O)c1ccc(C(C)C)cc1. The van der Waals surface area contributed by atoms with Crippen LogP contribution in [0.4, 0.5) is 0 Å². The number of carbonyl (C=O) groups is 1. The Morgan fingerprint density at radius 2 is 1.89 bits per heavy atom. The van der Waals surface area contributed by atoms with Crippen LogP contribution in [0.5, 0.6) is 0 Å². The summed E-state index contributed by atoms with van der Waals surface area (Å²) in [5.74, 6) is 1.18. The lowest BCUT2D eigenvalue weighted by molar-refractivity contribution is 0.0765. The number of alkyl halides is 1. The molecule has 0 aliphatic carbocycles. The van der Waals surface area contributed by atoms with E-state index in [-0.39, 0.29) is 5.91 Å². The van der Waals surface area contributed by atoms with Gasteiger partial charge in [0.15, 0.2) is 0 Å². The van der Waals surface area contributed by atoms with Gasteiger partial charge in [0.1, 0.15) is 0 Å². The van der Waals surface area contributed by atoms with E-state index in [1.54, 1.807) is 0 Å². The summed E-state index contributed by atoms with van der Waals surface area (Å²) >= 11 is 5.67. The van der Waals surface area contributed by atoms with Crippen molar-refractivity contribution in [3.8, 4) is 0 Å². The van der Waals surface area contributed by atoms with Crippen LogP contribution < -0.4 is 0 Å². The van der Waals surface area contributed by atoms with Gasteiger partial charge in [0.05, 0.1) is 0 Å². The summed E-state index contributed by atoms with van der Waals surface area (Å²) in [6.07, 6.45) is 0.839. The molecule has 0 unspecified atom stereocenters.